The van der Waals surface area contributed by atoms with Crippen LogP contribution >= 0.6 is 0 Å². The average molecular weight is 437 g/mol. The highest BCUT2D eigenvalue weighted by molar-refractivity contribution is 5.95. The Morgan fingerprint density at radius 1 is 1.23 bits per heavy atom. The SMILES string of the molecule is COc1ccc(C(=O)NC2CCN(Cc3cccc(C(F)(F)F)c3)CC2)cc1[N+](=O)[O-]. The van der Waals surface area contributed by atoms with E-state index in [2.05, 4.69) is 5.32 Å². The maximum absolute atomic E-state index is 12.9. The molecule has 0 spiro atoms. The molecule has 0 atom stereocenters. The highest BCUT2D eigenvalue weighted by atomic mass is 19.4. The standard InChI is InChI=1S/C21H22F3N3O4/c1-31-19-6-5-15(12-18(19)27(29)30)20(28)25-17-7-9-26(10-8-17)13-14-3-2-4-16(11-14)21(22,23)24/h2-6,11-12,17H,7-10,13H2,1H3,(H,25,28). The minimum absolute atomic E-state index is 0.0736. The van der Waals surface area contributed by atoms with Gasteiger partial charge < -0.3 is 10.1 Å². The Morgan fingerprint density at radius 2 is 1.94 bits per heavy atom. The summed E-state index contributed by atoms with van der Waals surface area (Å²) in [6.07, 6.45) is -3.12. The van der Waals surface area contributed by atoms with Crippen LogP contribution in [0.4, 0.5) is 18.9 Å². The number of benzene rings is 2. The van der Waals surface area contributed by atoms with Gasteiger partial charge in [-0.1, -0.05) is 18.2 Å². The molecule has 1 heterocycles. The van der Waals surface area contributed by atoms with E-state index < -0.39 is 22.6 Å². The Morgan fingerprint density at radius 3 is 2.55 bits per heavy atom. The number of ether oxygens (including phenoxy) is 1. The van der Waals surface area contributed by atoms with Gasteiger partial charge in [0.1, 0.15) is 0 Å². The number of likely N-dealkylation sites (tertiary alicyclic amines) is 1. The third kappa shape index (κ3) is 5.72. The highest BCUT2D eigenvalue weighted by Gasteiger charge is 2.30. The molecular formula is C21H22F3N3O4. The van der Waals surface area contributed by atoms with E-state index in [9.17, 15) is 28.1 Å². The van der Waals surface area contributed by atoms with Gasteiger partial charge in [-0.15, -0.1) is 0 Å². The normalized spacial score (nSPS) is 15.5. The Bertz CT molecular complexity index is 957. The summed E-state index contributed by atoms with van der Waals surface area (Å²) in [6, 6.07) is 9.18. The number of alkyl halides is 3. The van der Waals surface area contributed by atoms with Crippen molar-refractivity contribution in [3.8, 4) is 5.75 Å². The number of amides is 1. The zero-order valence-corrected chi connectivity index (χ0v) is 16.8. The first-order valence-corrected chi connectivity index (χ1v) is 9.69. The van der Waals surface area contributed by atoms with Crippen LogP contribution in [-0.4, -0.2) is 42.0 Å². The third-order valence-electron chi connectivity index (χ3n) is 5.22. The molecule has 1 saturated heterocycles. The van der Waals surface area contributed by atoms with Crippen molar-refractivity contribution < 1.29 is 27.6 Å². The first-order valence-electron chi connectivity index (χ1n) is 9.69. The first kappa shape index (κ1) is 22.5. The number of hydrogen-bond donors (Lipinski definition) is 1. The number of rotatable bonds is 6. The van der Waals surface area contributed by atoms with Crippen LogP contribution in [0.1, 0.15) is 34.3 Å². The first-order chi connectivity index (χ1) is 14.7. The molecule has 0 bridgehead atoms. The van der Waals surface area contributed by atoms with Gasteiger partial charge in [0.2, 0.25) is 0 Å². The van der Waals surface area contributed by atoms with Crippen LogP contribution in [0.3, 0.4) is 0 Å². The predicted molar refractivity (Wildman–Crippen MR) is 107 cm³/mol. The zero-order valence-electron chi connectivity index (χ0n) is 16.8. The van der Waals surface area contributed by atoms with Crippen LogP contribution < -0.4 is 10.1 Å². The van der Waals surface area contributed by atoms with Gasteiger partial charge >= 0.3 is 11.9 Å². The number of halogens is 3. The molecule has 0 saturated carbocycles. The van der Waals surface area contributed by atoms with Crippen molar-refractivity contribution >= 4 is 11.6 Å². The lowest BCUT2D eigenvalue weighted by atomic mass is 10.0. The molecule has 3 rings (SSSR count). The van der Waals surface area contributed by atoms with Crippen LogP contribution in [-0.2, 0) is 12.7 Å². The topological polar surface area (TPSA) is 84.7 Å². The van der Waals surface area contributed by atoms with Gasteiger partial charge in [-0.3, -0.25) is 19.8 Å². The minimum Gasteiger partial charge on any atom is -0.490 e. The molecule has 7 nitrogen and oxygen atoms in total. The summed E-state index contributed by atoms with van der Waals surface area (Å²) in [5, 5.41) is 14.0. The molecule has 2 aromatic rings. The van der Waals surface area contributed by atoms with Crippen molar-refractivity contribution in [3.05, 3.63) is 69.3 Å². The summed E-state index contributed by atoms with van der Waals surface area (Å²) < 4.78 is 43.6. The van der Waals surface area contributed by atoms with Gasteiger partial charge in [0, 0.05) is 37.3 Å². The van der Waals surface area contributed by atoms with Crippen LogP contribution in [0.5, 0.6) is 5.75 Å². The summed E-state index contributed by atoms with van der Waals surface area (Å²) >= 11 is 0. The molecule has 31 heavy (non-hydrogen) atoms. The smallest absolute Gasteiger partial charge is 0.416 e. The maximum Gasteiger partial charge on any atom is 0.416 e. The summed E-state index contributed by atoms with van der Waals surface area (Å²) in [7, 11) is 1.31. The molecule has 1 N–H and O–H groups in total. The summed E-state index contributed by atoms with van der Waals surface area (Å²) in [6.45, 7) is 1.63. The lowest BCUT2D eigenvalue weighted by Crippen LogP contribution is -2.44. The minimum atomic E-state index is -4.37. The molecule has 1 aliphatic heterocycles. The molecule has 1 fully saturated rings. The Kier molecular flexibility index (Phi) is 6.79. The van der Waals surface area contributed by atoms with E-state index in [0.717, 1.165) is 12.1 Å². The van der Waals surface area contributed by atoms with Crippen molar-refractivity contribution in [1.82, 2.24) is 10.2 Å². The fourth-order valence-electron chi connectivity index (χ4n) is 3.58. The number of hydrogen-bond acceptors (Lipinski definition) is 5. The Hall–Kier alpha value is -3.14. The van der Waals surface area contributed by atoms with Crippen molar-refractivity contribution in [1.29, 1.82) is 0 Å². The molecule has 0 radical (unpaired) electrons. The fourth-order valence-corrected chi connectivity index (χ4v) is 3.58. The van der Waals surface area contributed by atoms with Crippen molar-refractivity contribution in [2.45, 2.75) is 31.6 Å². The van der Waals surface area contributed by atoms with Crippen LogP contribution in [0, 0.1) is 10.1 Å². The van der Waals surface area contributed by atoms with Gasteiger partial charge in [0.15, 0.2) is 5.75 Å². The molecule has 1 amide bonds. The van der Waals surface area contributed by atoms with Crippen LogP contribution in [0.15, 0.2) is 42.5 Å². The lowest BCUT2D eigenvalue weighted by Gasteiger charge is -2.32. The van der Waals surface area contributed by atoms with E-state index in [1.807, 2.05) is 4.90 Å². The number of carbonyl (C=O) groups is 1. The van der Waals surface area contributed by atoms with Crippen molar-refractivity contribution in [2.24, 2.45) is 0 Å². The number of piperidine rings is 1. The van der Waals surface area contributed by atoms with Gasteiger partial charge in [-0.05, 0) is 36.6 Å². The Balaban J connectivity index is 1.55. The number of carbonyl (C=O) groups excluding carboxylic acids is 1. The van der Waals surface area contributed by atoms with Crippen LogP contribution in [0.25, 0.3) is 0 Å². The predicted octanol–water partition coefficient (Wildman–Crippen LogP) is 4.02. The fraction of sp³-hybridized carbons (Fsp3) is 0.381. The zero-order chi connectivity index (χ0) is 22.6. The largest absolute Gasteiger partial charge is 0.490 e. The molecule has 0 aromatic heterocycles. The third-order valence-corrected chi connectivity index (χ3v) is 5.22. The van der Waals surface area contributed by atoms with E-state index >= 15 is 0 Å². The summed E-state index contributed by atoms with van der Waals surface area (Å²) in [4.78, 5) is 25.1. The molecule has 0 unspecified atom stereocenters. The van der Waals surface area contributed by atoms with Gasteiger partial charge in [-0.25, -0.2) is 0 Å². The van der Waals surface area contributed by atoms with Gasteiger partial charge in [-0.2, -0.15) is 13.2 Å². The average Bonchev–Trinajstić information content (AvgIpc) is 2.74. The van der Waals surface area contributed by atoms with E-state index in [1.54, 1.807) is 6.07 Å². The number of nitro benzene ring substituents is 1. The number of nitrogens with one attached hydrogen (secondary N) is 1. The van der Waals surface area contributed by atoms with E-state index in [0.29, 0.717) is 38.0 Å². The molecule has 0 aliphatic carbocycles. The molecule has 2 aromatic carbocycles. The Labute approximate surface area is 177 Å². The van der Waals surface area contributed by atoms with E-state index in [4.69, 9.17) is 4.74 Å². The maximum atomic E-state index is 12.9. The second kappa shape index (κ2) is 9.34. The number of nitro groups is 1. The van der Waals surface area contributed by atoms with Gasteiger partial charge in [0.05, 0.1) is 17.6 Å². The second-order valence-electron chi connectivity index (χ2n) is 7.37. The number of nitrogens with zero attached hydrogens (tertiary/aromatic N) is 2. The lowest BCUT2D eigenvalue weighted by molar-refractivity contribution is -0.385. The number of methoxy groups -OCH3 is 1. The summed E-state index contributed by atoms with van der Waals surface area (Å²) in [5.74, 6) is -0.341. The van der Waals surface area contributed by atoms with E-state index in [-0.39, 0.29) is 23.0 Å². The quantitative estimate of drug-likeness (QED) is 0.545. The highest BCUT2D eigenvalue weighted by Crippen LogP contribution is 2.30. The molecule has 166 valence electrons. The molecule has 10 heteroatoms. The van der Waals surface area contributed by atoms with Crippen molar-refractivity contribution in [3.63, 3.8) is 0 Å². The summed E-state index contributed by atoms with van der Waals surface area (Å²) in [5.41, 5.74) is -0.200. The molecule has 1 aliphatic rings. The molecular weight excluding hydrogens is 415 g/mol. The van der Waals surface area contributed by atoms with Crippen molar-refractivity contribution in [2.75, 3.05) is 20.2 Å². The van der Waals surface area contributed by atoms with E-state index in [1.165, 1.54) is 31.4 Å². The second-order valence-corrected chi connectivity index (χ2v) is 7.37. The monoisotopic (exact) mass is 437 g/mol. The van der Waals surface area contributed by atoms with Gasteiger partial charge in [0.25, 0.3) is 5.91 Å². The van der Waals surface area contributed by atoms with Crippen LogP contribution in [0.2, 0.25) is 0 Å².